The van der Waals surface area contributed by atoms with Crippen LogP contribution in [0.4, 0.5) is 5.13 Å². The second kappa shape index (κ2) is 8.81. The summed E-state index contributed by atoms with van der Waals surface area (Å²) in [7, 11) is 0. The molecule has 1 aliphatic carbocycles. The second-order valence-electron chi connectivity index (χ2n) is 7.12. The summed E-state index contributed by atoms with van der Waals surface area (Å²) in [5, 5.41) is 6.97. The Morgan fingerprint density at radius 1 is 1.10 bits per heavy atom. The highest BCUT2D eigenvalue weighted by atomic mass is 35.5. The van der Waals surface area contributed by atoms with Crippen molar-refractivity contribution in [2.75, 3.05) is 5.32 Å². The number of hydrogen-bond donors (Lipinski definition) is 2. The average Bonchev–Trinajstić information content (AvgIpc) is 3.48. The lowest BCUT2D eigenvalue weighted by atomic mass is 10.1. The number of anilines is 1. The molecule has 1 heterocycles. The van der Waals surface area contributed by atoms with Gasteiger partial charge >= 0.3 is 0 Å². The van der Waals surface area contributed by atoms with Crippen molar-refractivity contribution in [2.24, 2.45) is 0 Å². The van der Waals surface area contributed by atoms with Crippen LogP contribution in [-0.2, 0) is 4.79 Å². The van der Waals surface area contributed by atoms with E-state index in [0.717, 1.165) is 34.5 Å². The number of thiazole rings is 1. The van der Waals surface area contributed by atoms with Gasteiger partial charge in [-0.3, -0.25) is 14.9 Å². The van der Waals surface area contributed by atoms with Gasteiger partial charge in [-0.2, -0.15) is 0 Å². The number of nitrogens with zero attached hydrogens (tertiary/aromatic N) is 1. The Balaban J connectivity index is 1.37. The molecular formula is C23H20ClN3O2S. The van der Waals surface area contributed by atoms with Gasteiger partial charge in [-0.1, -0.05) is 35.9 Å². The zero-order chi connectivity index (χ0) is 21.1. The normalized spacial score (nSPS) is 13.4. The molecule has 0 spiro atoms. The summed E-state index contributed by atoms with van der Waals surface area (Å²) in [5.74, 6) is -0.316. The van der Waals surface area contributed by atoms with Crippen molar-refractivity contribution >= 4 is 46.0 Å². The molecule has 2 amide bonds. The van der Waals surface area contributed by atoms with Crippen LogP contribution in [0.2, 0.25) is 5.02 Å². The van der Waals surface area contributed by atoms with E-state index in [1.54, 1.807) is 18.2 Å². The van der Waals surface area contributed by atoms with E-state index in [4.69, 9.17) is 11.6 Å². The average molecular weight is 438 g/mol. The number of amides is 2. The molecule has 30 heavy (non-hydrogen) atoms. The second-order valence-corrected chi connectivity index (χ2v) is 8.76. The number of halogens is 1. The molecule has 0 atom stereocenters. The molecule has 0 unspecified atom stereocenters. The fraction of sp³-hybridized carbons (Fsp3) is 0.174. The van der Waals surface area contributed by atoms with E-state index < -0.39 is 0 Å². The van der Waals surface area contributed by atoms with Gasteiger partial charge in [0.15, 0.2) is 5.13 Å². The van der Waals surface area contributed by atoms with E-state index in [9.17, 15) is 9.59 Å². The number of rotatable bonds is 6. The molecule has 0 radical (unpaired) electrons. The summed E-state index contributed by atoms with van der Waals surface area (Å²) < 4.78 is 0. The molecule has 0 saturated heterocycles. The molecule has 3 aromatic rings. The van der Waals surface area contributed by atoms with E-state index in [-0.39, 0.29) is 11.8 Å². The highest BCUT2D eigenvalue weighted by molar-refractivity contribution is 7.16. The molecular weight excluding hydrogens is 418 g/mol. The van der Waals surface area contributed by atoms with Gasteiger partial charge in [-0.15, -0.1) is 11.3 Å². The molecule has 4 rings (SSSR count). The molecule has 5 nitrogen and oxygen atoms in total. The van der Waals surface area contributed by atoms with Crippen molar-refractivity contribution in [3.63, 3.8) is 0 Å². The minimum atomic E-state index is -0.262. The summed E-state index contributed by atoms with van der Waals surface area (Å²) in [6, 6.07) is 14.9. The first-order chi connectivity index (χ1) is 14.5. The Morgan fingerprint density at radius 2 is 1.80 bits per heavy atom. The number of carbonyl (C=O) groups is 2. The molecule has 2 aromatic carbocycles. The summed E-state index contributed by atoms with van der Waals surface area (Å²) in [5.41, 5.74) is 3.24. The first-order valence-corrected chi connectivity index (χ1v) is 10.8. The lowest BCUT2D eigenvalue weighted by Gasteiger charge is -2.03. The van der Waals surface area contributed by atoms with E-state index in [2.05, 4.69) is 15.6 Å². The van der Waals surface area contributed by atoms with Crippen molar-refractivity contribution in [1.82, 2.24) is 10.3 Å². The summed E-state index contributed by atoms with van der Waals surface area (Å²) in [6.45, 7) is 1.97. The van der Waals surface area contributed by atoms with Crippen LogP contribution < -0.4 is 10.6 Å². The Kier molecular flexibility index (Phi) is 5.97. The van der Waals surface area contributed by atoms with Gasteiger partial charge in [0.1, 0.15) is 0 Å². The van der Waals surface area contributed by atoms with Gasteiger partial charge in [0, 0.05) is 33.1 Å². The molecule has 0 aliphatic heterocycles. The Morgan fingerprint density at radius 3 is 2.47 bits per heavy atom. The van der Waals surface area contributed by atoms with Gasteiger partial charge in [-0.25, -0.2) is 4.98 Å². The van der Waals surface area contributed by atoms with Crippen LogP contribution in [-0.4, -0.2) is 22.8 Å². The molecule has 7 heteroatoms. The lowest BCUT2D eigenvalue weighted by molar-refractivity contribution is -0.111. The van der Waals surface area contributed by atoms with E-state index in [1.807, 2.05) is 43.3 Å². The highest BCUT2D eigenvalue weighted by Crippen LogP contribution is 2.31. The number of nitrogens with one attached hydrogen (secondary N) is 2. The lowest BCUT2D eigenvalue weighted by Crippen LogP contribution is -2.25. The van der Waals surface area contributed by atoms with E-state index >= 15 is 0 Å². The zero-order valence-electron chi connectivity index (χ0n) is 16.3. The molecule has 2 N–H and O–H groups in total. The minimum absolute atomic E-state index is 0.0543. The van der Waals surface area contributed by atoms with Crippen LogP contribution in [0.1, 0.15) is 33.6 Å². The van der Waals surface area contributed by atoms with Crippen molar-refractivity contribution in [3.8, 4) is 11.3 Å². The van der Waals surface area contributed by atoms with Crippen LogP contribution >= 0.6 is 22.9 Å². The number of benzene rings is 2. The van der Waals surface area contributed by atoms with Crippen LogP contribution in [0.5, 0.6) is 0 Å². The topological polar surface area (TPSA) is 71.1 Å². The molecule has 1 aromatic heterocycles. The van der Waals surface area contributed by atoms with Crippen molar-refractivity contribution in [2.45, 2.75) is 25.8 Å². The largest absolute Gasteiger partial charge is 0.349 e. The van der Waals surface area contributed by atoms with Crippen LogP contribution in [0, 0.1) is 6.92 Å². The Bertz CT molecular complexity index is 1100. The zero-order valence-corrected chi connectivity index (χ0v) is 17.9. The minimum Gasteiger partial charge on any atom is -0.349 e. The van der Waals surface area contributed by atoms with Crippen LogP contribution in [0.25, 0.3) is 17.3 Å². The number of carbonyl (C=O) groups excluding carboxylic acids is 2. The third-order valence-electron chi connectivity index (χ3n) is 4.66. The van der Waals surface area contributed by atoms with Crippen molar-refractivity contribution in [3.05, 3.63) is 75.6 Å². The van der Waals surface area contributed by atoms with Gasteiger partial charge in [-0.05, 0) is 55.7 Å². The number of aromatic nitrogens is 1. The van der Waals surface area contributed by atoms with Gasteiger partial charge in [0.2, 0.25) is 5.91 Å². The Labute approximate surface area is 183 Å². The molecule has 0 bridgehead atoms. The molecule has 1 fully saturated rings. The maximum absolute atomic E-state index is 12.3. The predicted molar refractivity (Wildman–Crippen MR) is 122 cm³/mol. The summed E-state index contributed by atoms with van der Waals surface area (Å²) in [4.78, 5) is 29.8. The maximum Gasteiger partial charge on any atom is 0.251 e. The smallest absolute Gasteiger partial charge is 0.251 e. The molecule has 1 aliphatic rings. The SMILES string of the molecule is Cc1sc(NC(=O)/C=C/c2ccc(C(=O)NC3CC3)cc2)nc1-c1ccc(Cl)cc1. The third kappa shape index (κ3) is 5.14. The fourth-order valence-corrected chi connectivity index (χ4v) is 3.85. The third-order valence-corrected chi connectivity index (χ3v) is 5.80. The molecule has 1 saturated carbocycles. The fourth-order valence-electron chi connectivity index (χ4n) is 2.89. The van der Waals surface area contributed by atoms with Gasteiger partial charge in [0.05, 0.1) is 5.69 Å². The van der Waals surface area contributed by atoms with E-state index in [1.165, 1.54) is 17.4 Å². The van der Waals surface area contributed by atoms with Crippen molar-refractivity contribution < 1.29 is 9.59 Å². The van der Waals surface area contributed by atoms with Crippen molar-refractivity contribution in [1.29, 1.82) is 0 Å². The highest BCUT2D eigenvalue weighted by Gasteiger charge is 2.23. The Hall–Kier alpha value is -2.96. The summed E-state index contributed by atoms with van der Waals surface area (Å²) in [6.07, 6.45) is 5.28. The maximum atomic E-state index is 12.3. The van der Waals surface area contributed by atoms with Gasteiger partial charge < -0.3 is 5.32 Å². The first kappa shape index (κ1) is 20.3. The standard InChI is InChI=1S/C23H20ClN3O2S/c1-14-21(16-7-9-18(24)10-8-16)27-23(30-14)26-20(28)13-4-15-2-5-17(6-3-15)22(29)25-19-11-12-19/h2-10,13,19H,11-12H2,1H3,(H,25,29)(H,26,27,28)/b13-4+. The van der Waals surface area contributed by atoms with Gasteiger partial charge in [0.25, 0.3) is 5.91 Å². The van der Waals surface area contributed by atoms with Crippen LogP contribution in [0.15, 0.2) is 54.6 Å². The molecule has 152 valence electrons. The van der Waals surface area contributed by atoms with Crippen LogP contribution in [0.3, 0.4) is 0 Å². The number of aryl methyl sites for hydroxylation is 1. The quantitative estimate of drug-likeness (QED) is 0.513. The summed E-state index contributed by atoms with van der Waals surface area (Å²) >= 11 is 7.37. The monoisotopic (exact) mass is 437 g/mol. The number of hydrogen-bond acceptors (Lipinski definition) is 4. The van der Waals surface area contributed by atoms with E-state index in [0.29, 0.717) is 21.8 Å². The predicted octanol–water partition coefficient (Wildman–Crippen LogP) is 5.32. The first-order valence-electron chi connectivity index (χ1n) is 9.61.